The standard InChI is InChI=1S/C13H21FN2/c1-4-8-15-10-11-9-12(14)6-7-13(11)16(3)5-2/h6-7,9,15H,4-5,8,10H2,1-3H3. The highest BCUT2D eigenvalue weighted by atomic mass is 19.1. The Balaban J connectivity index is 2.81. The molecule has 2 nitrogen and oxygen atoms in total. The molecule has 0 aromatic heterocycles. The van der Waals surface area contributed by atoms with E-state index in [-0.39, 0.29) is 5.82 Å². The van der Waals surface area contributed by atoms with Crippen molar-refractivity contribution in [3.05, 3.63) is 29.6 Å². The molecule has 0 fully saturated rings. The van der Waals surface area contributed by atoms with Crippen molar-refractivity contribution in [3.8, 4) is 0 Å². The summed E-state index contributed by atoms with van der Waals surface area (Å²) in [6.45, 7) is 6.83. The van der Waals surface area contributed by atoms with Crippen molar-refractivity contribution in [2.24, 2.45) is 0 Å². The van der Waals surface area contributed by atoms with Gasteiger partial charge in [-0.3, -0.25) is 0 Å². The van der Waals surface area contributed by atoms with Crippen LogP contribution in [0.3, 0.4) is 0 Å². The van der Waals surface area contributed by atoms with E-state index in [0.717, 1.165) is 37.3 Å². The first-order chi connectivity index (χ1) is 7.69. The summed E-state index contributed by atoms with van der Waals surface area (Å²) in [5.41, 5.74) is 2.13. The SMILES string of the molecule is CCCNCc1cc(F)ccc1N(C)CC. The van der Waals surface area contributed by atoms with Gasteiger partial charge in [0.1, 0.15) is 5.82 Å². The normalized spacial score (nSPS) is 10.5. The Morgan fingerprint density at radius 2 is 2.06 bits per heavy atom. The molecule has 0 aliphatic carbocycles. The van der Waals surface area contributed by atoms with Gasteiger partial charge in [0.05, 0.1) is 0 Å². The maximum absolute atomic E-state index is 13.2. The molecule has 0 radical (unpaired) electrons. The molecule has 1 N–H and O–H groups in total. The van der Waals surface area contributed by atoms with E-state index in [0.29, 0.717) is 0 Å². The van der Waals surface area contributed by atoms with Gasteiger partial charge in [-0.1, -0.05) is 6.92 Å². The molecule has 3 heteroatoms. The van der Waals surface area contributed by atoms with Crippen LogP contribution in [-0.4, -0.2) is 20.1 Å². The molecule has 0 saturated heterocycles. The predicted molar refractivity (Wildman–Crippen MR) is 67.3 cm³/mol. The summed E-state index contributed by atoms with van der Waals surface area (Å²) in [6.07, 6.45) is 1.09. The summed E-state index contributed by atoms with van der Waals surface area (Å²) >= 11 is 0. The summed E-state index contributed by atoms with van der Waals surface area (Å²) in [5, 5.41) is 3.30. The third-order valence-electron chi connectivity index (χ3n) is 2.67. The number of hydrogen-bond donors (Lipinski definition) is 1. The van der Waals surface area contributed by atoms with Crippen LogP contribution in [0.1, 0.15) is 25.8 Å². The number of rotatable bonds is 6. The lowest BCUT2D eigenvalue weighted by Gasteiger charge is -2.21. The fourth-order valence-electron chi connectivity index (χ4n) is 1.64. The fourth-order valence-corrected chi connectivity index (χ4v) is 1.64. The third kappa shape index (κ3) is 3.49. The van der Waals surface area contributed by atoms with E-state index in [1.807, 2.05) is 13.1 Å². The number of halogens is 1. The Morgan fingerprint density at radius 3 is 2.69 bits per heavy atom. The molecular formula is C13H21FN2. The van der Waals surface area contributed by atoms with Crippen molar-refractivity contribution in [3.63, 3.8) is 0 Å². The van der Waals surface area contributed by atoms with Crippen LogP contribution >= 0.6 is 0 Å². The van der Waals surface area contributed by atoms with Crippen LogP contribution in [0.25, 0.3) is 0 Å². The first-order valence-corrected chi connectivity index (χ1v) is 5.89. The van der Waals surface area contributed by atoms with Crippen LogP contribution < -0.4 is 10.2 Å². The lowest BCUT2D eigenvalue weighted by Crippen LogP contribution is -2.21. The molecule has 0 unspecified atom stereocenters. The zero-order chi connectivity index (χ0) is 12.0. The van der Waals surface area contributed by atoms with Gasteiger partial charge in [0, 0.05) is 25.8 Å². The minimum atomic E-state index is -0.165. The van der Waals surface area contributed by atoms with Gasteiger partial charge >= 0.3 is 0 Å². The molecule has 1 aromatic rings. The second-order valence-corrected chi connectivity index (χ2v) is 3.96. The molecule has 0 heterocycles. The lowest BCUT2D eigenvalue weighted by molar-refractivity contribution is 0.618. The van der Waals surface area contributed by atoms with Gasteiger partial charge in [-0.05, 0) is 43.7 Å². The highest BCUT2D eigenvalue weighted by molar-refractivity contribution is 5.53. The van der Waals surface area contributed by atoms with Gasteiger partial charge in [-0.15, -0.1) is 0 Å². The molecule has 90 valence electrons. The molecule has 1 aromatic carbocycles. The number of anilines is 1. The van der Waals surface area contributed by atoms with Crippen molar-refractivity contribution in [1.82, 2.24) is 5.32 Å². The van der Waals surface area contributed by atoms with Gasteiger partial charge in [0.15, 0.2) is 0 Å². The van der Waals surface area contributed by atoms with E-state index in [2.05, 4.69) is 24.1 Å². The molecule has 0 saturated carbocycles. The lowest BCUT2D eigenvalue weighted by atomic mass is 10.1. The van der Waals surface area contributed by atoms with Crippen LogP contribution in [0, 0.1) is 5.82 Å². The molecule has 0 atom stereocenters. The topological polar surface area (TPSA) is 15.3 Å². The second-order valence-electron chi connectivity index (χ2n) is 3.96. The van der Waals surface area contributed by atoms with Crippen molar-refractivity contribution < 1.29 is 4.39 Å². The number of hydrogen-bond acceptors (Lipinski definition) is 2. The number of nitrogens with one attached hydrogen (secondary N) is 1. The first-order valence-electron chi connectivity index (χ1n) is 5.89. The highest BCUT2D eigenvalue weighted by Gasteiger charge is 2.06. The zero-order valence-electron chi connectivity index (χ0n) is 10.4. The van der Waals surface area contributed by atoms with Crippen LogP contribution in [-0.2, 0) is 6.54 Å². The molecule has 16 heavy (non-hydrogen) atoms. The van der Waals surface area contributed by atoms with Gasteiger partial charge in [0.2, 0.25) is 0 Å². The highest BCUT2D eigenvalue weighted by Crippen LogP contribution is 2.20. The van der Waals surface area contributed by atoms with E-state index in [4.69, 9.17) is 0 Å². The summed E-state index contributed by atoms with van der Waals surface area (Å²) in [7, 11) is 2.02. The second kappa shape index (κ2) is 6.48. The Kier molecular flexibility index (Phi) is 5.26. The van der Waals surface area contributed by atoms with Gasteiger partial charge in [-0.25, -0.2) is 4.39 Å². The van der Waals surface area contributed by atoms with Crippen molar-refractivity contribution in [2.45, 2.75) is 26.8 Å². The molecule has 1 rings (SSSR count). The number of nitrogens with zero attached hydrogens (tertiary/aromatic N) is 1. The van der Waals surface area contributed by atoms with E-state index < -0.39 is 0 Å². The van der Waals surface area contributed by atoms with E-state index in [9.17, 15) is 4.39 Å². The third-order valence-corrected chi connectivity index (χ3v) is 2.67. The molecule has 0 aliphatic rings. The maximum atomic E-state index is 13.2. The van der Waals surface area contributed by atoms with Gasteiger partial charge in [0.25, 0.3) is 0 Å². The Bertz CT molecular complexity index is 326. The van der Waals surface area contributed by atoms with Gasteiger partial charge < -0.3 is 10.2 Å². The first kappa shape index (κ1) is 13.0. The maximum Gasteiger partial charge on any atom is 0.123 e. The van der Waals surface area contributed by atoms with Gasteiger partial charge in [-0.2, -0.15) is 0 Å². The van der Waals surface area contributed by atoms with Crippen molar-refractivity contribution >= 4 is 5.69 Å². The van der Waals surface area contributed by atoms with E-state index in [1.54, 1.807) is 6.07 Å². The predicted octanol–water partition coefficient (Wildman–Crippen LogP) is 2.78. The fraction of sp³-hybridized carbons (Fsp3) is 0.538. The van der Waals surface area contributed by atoms with Crippen molar-refractivity contribution in [2.75, 3.05) is 25.0 Å². The van der Waals surface area contributed by atoms with Crippen LogP contribution in [0.5, 0.6) is 0 Å². The molecule has 0 amide bonds. The summed E-state index contributed by atoms with van der Waals surface area (Å²) in [6, 6.07) is 4.98. The molecule has 0 aliphatic heterocycles. The quantitative estimate of drug-likeness (QED) is 0.747. The summed E-state index contributed by atoms with van der Waals surface area (Å²) < 4.78 is 13.2. The molecular weight excluding hydrogens is 203 g/mol. The average Bonchev–Trinajstić information content (AvgIpc) is 2.29. The van der Waals surface area contributed by atoms with E-state index >= 15 is 0 Å². The van der Waals surface area contributed by atoms with Crippen molar-refractivity contribution in [1.29, 1.82) is 0 Å². The van der Waals surface area contributed by atoms with Crippen LogP contribution in [0.4, 0.5) is 10.1 Å². The average molecular weight is 224 g/mol. The zero-order valence-corrected chi connectivity index (χ0v) is 10.4. The van der Waals surface area contributed by atoms with Crippen LogP contribution in [0.2, 0.25) is 0 Å². The Hall–Kier alpha value is -1.09. The number of benzene rings is 1. The summed E-state index contributed by atoms with van der Waals surface area (Å²) in [4.78, 5) is 2.13. The Labute approximate surface area is 97.5 Å². The summed E-state index contributed by atoms with van der Waals surface area (Å²) in [5.74, 6) is -0.165. The van der Waals surface area contributed by atoms with Crippen LogP contribution in [0.15, 0.2) is 18.2 Å². The van der Waals surface area contributed by atoms with E-state index in [1.165, 1.54) is 6.07 Å². The molecule has 0 spiro atoms. The minimum absolute atomic E-state index is 0.165. The largest absolute Gasteiger partial charge is 0.375 e. The Morgan fingerprint density at radius 1 is 1.31 bits per heavy atom. The monoisotopic (exact) mass is 224 g/mol. The minimum Gasteiger partial charge on any atom is -0.375 e. The smallest absolute Gasteiger partial charge is 0.123 e. The molecule has 0 bridgehead atoms.